The number of fused-ring (bicyclic) bond motifs is 1. The van der Waals surface area contributed by atoms with Crippen molar-refractivity contribution in [3.05, 3.63) is 29.3 Å². The maximum absolute atomic E-state index is 13.6. The molecule has 0 radical (unpaired) electrons. The van der Waals surface area contributed by atoms with Crippen molar-refractivity contribution in [3.63, 3.8) is 0 Å². The molecule has 0 aromatic heterocycles. The van der Waals surface area contributed by atoms with Crippen molar-refractivity contribution in [1.29, 1.82) is 0 Å². The summed E-state index contributed by atoms with van der Waals surface area (Å²) in [5, 5.41) is 0. The number of carbonyl (C=O) groups is 1. The molecule has 0 N–H and O–H groups in total. The second-order valence-corrected chi connectivity index (χ2v) is 13.3. The van der Waals surface area contributed by atoms with Crippen molar-refractivity contribution in [3.8, 4) is 0 Å². The minimum atomic E-state index is -3.59. The van der Waals surface area contributed by atoms with Crippen LogP contribution in [0.15, 0.2) is 23.1 Å². The normalized spacial score (nSPS) is 25.2. The van der Waals surface area contributed by atoms with Crippen LogP contribution in [0.25, 0.3) is 0 Å². The summed E-state index contributed by atoms with van der Waals surface area (Å²) in [6.07, 6.45) is 9.33. The molecular weight excluding hydrogens is 488 g/mol. The molecule has 0 saturated carbocycles. The number of piperazine rings is 1. The number of hydrogen-bond donors (Lipinski definition) is 0. The highest BCUT2D eigenvalue weighted by Gasteiger charge is 2.34. The Morgan fingerprint density at radius 2 is 1.62 bits per heavy atom. The first-order valence-electron chi connectivity index (χ1n) is 14.3. The molecular formula is C28H44N4O4S. The Kier molecular flexibility index (Phi) is 8.86. The van der Waals surface area contributed by atoms with E-state index in [-0.39, 0.29) is 25.2 Å². The second-order valence-electron chi connectivity index (χ2n) is 11.4. The van der Waals surface area contributed by atoms with Gasteiger partial charge in [0.05, 0.1) is 11.5 Å². The number of carbonyl (C=O) groups excluding carboxylic acids is 1. The summed E-state index contributed by atoms with van der Waals surface area (Å²) in [7, 11) is -1.40. The first kappa shape index (κ1) is 27.1. The number of rotatable bonds is 7. The fourth-order valence-electron chi connectivity index (χ4n) is 6.53. The van der Waals surface area contributed by atoms with Crippen LogP contribution < -0.4 is 0 Å². The molecule has 3 fully saturated rings. The van der Waals surface area contributed by atoms with Crippen LogP contribution in [-0.2, 0) is 32.4 Å². The zero-order valence-electron chi connectivity index (χ0n) is 22.4. The lowest BCUT2D eigenvalue weighted by molar-refractivity contribution is -0.138. The average Bonchev–Trinajstić information content (AvgIpc) is 2.93. The smallest absolute Gasteiger partial charge is 0.248 e. The van der Waals surface area contributed by atoms with Gasteiger partial charge in [-0.3, -0.25) is 9.69 Å². The van der Waals surface area contributed by atoms with Gasteiger partial charge in [-0.2, -0.15) is 4.31 Å². The molecule has 4 aliphatic rings. The molecule has 0 bridgehead atoms. The number of benzene rings is 1. The predicted octanol–water partition coefficient (Wildman–Crippen LogP) is 2.36. The Balaban J connectivity index is 1.12. The zero-order valence-corrected chi connectivity index (χ0v) is 23.3. The minimum absolute atomic E-state index is 0.0166. The van der Waals surface area contributed by atoms with Crippen LogP contribution in [0.1, 0.15) is 56.1 Å². The fourth-order valence-corrected chi connectivity index (χ4v) is 8.26. The van der Waals surface area contributed by atoms with E-state index in [9.17, 15) is 13.2 Å². The molecule has 5 rings (SSSR count). The molecule has 1 unspecified atom stereocenters. The third kappa shape index (κ3) is 6.38. The van der Waals surface area contributed by atoms with Crippen LogP contribution in [0.4, 0.5) is 0 Å². The summed E-state index contributed by atoms with van der Waals surface area (Å²) in [5.74, 6) is 0.0166. The van der Waals surface area contributed by atoms with Gasteiger partial charge in [0.1, 0.15) is 6.61 Å². The maximum Gasteiger partial charge on any atom is 0.248 e. The molecule has 0 spiro atoms. The van der Waals surface area contributed by atoms with E-state index in [2.05, 4.69) is 16.8 Å². The van der Waals surface area contributed by atoms with Gasteiger partial charge in [0, 0.05) is 44.8 Å². The van der Waals surface area contributed by atoms with Crippen molar-refractivity contribution >= 4 is 15.9 Å². The molecule has 1 atom stereocenters. The summed E-state index contributed by atoms with van der Waals surface area (Å²) < 4.78 is 34.7. The van der Waals surface area contributed by atoms with Gasteiger partial charge in [-0.1, -0.05) is 12.5 Å². The molecule has 3 aliphatic heterocycles. The molecule has 1 aliphatic carbocycles. The van der Waals surface area contributed by atoms with Crippen LogP contribution in [0.3, 0.4) is 0 Å². The van der Waals surface area contributed by atoms with Crippen molar-refractivity contribution in [1.82, 2.24) is 19.0 Å². The number of hydrogen-bond acceptors (Lipinski definition) is 6. The Labute approximate surface area is 223 Å². The van der Waals surface area contributed by atoms with Gasteiger partial charge in [-0.15, -0.1) is 0 Å². The topological polar surface area (TPSA) is 73.4 Å². The number of amides is 1. The van der Waals surface area contributed by atoms with Gasteiger partial charge in [0.2, 0.25) is 15.9 Å². The Hall–Kier alpha value is -1.52. The quantitative estimate of drug-likeness (QED) is 0.537. The number of ether oxygens (including phenoxy) is 1. The van der Waals surface area contributed by atoms with Gasteiger partial charge in [-0.25, -0.2) is 8.42 Å². The van der Waals surface area contributed by atoms with Crippen molar-refractivity contribution in [2.75, 3.05) is 66.1 Å². The number of aryl methyl sites for hydroxylation is 2. The van der Waals surface area contributed by atoms with Crippen molar-refractivity contribution in [2.45, 2.75) is 74.8 Å². The largest absolute Gasteiger partial charge is 0.370 e. The van der Waals surface area contributed by atoms with E-state index in [1.165, 1.54) is 30.4 Å². The summed E-state index contributed by atoms with van der Waals surface area (Å²) in [4.78, 5) is 20.1. The summed E-state index contributed by atoms with van der Waals surface area (Å²) in [6.45, 7) is 6.46. The minimum Gasteiger partial charge on any atom is -0.370 e. The fraction of sp³-hybridized carbons (Fsp3) is 0.750. The van der Waals surface area contributed by atoms with Crippen LogP contribution in [0.5, 0.6) is 0 Å². The first-order valence-corrected chi connectivity index (χ1v) is 15.8. The van der Waals surface area contributed by atoms with Gasteiger partial charge >= 0.3 is 0 Å². The molecule has 1 amide bonds. The first-order chi connectivity index (χ1) is 17.9. The monoisotopic (exact) mass is 532 g/mol. The van der Waals surface area contributed by atoms with Crippen LogP contribution in [0, 0.1) is 0 Å². The van der Waals surface area contributed by atoms with Crippen LogP contribution in [0.2, 0.25) is 0 Å². The van der Waals surface area contributed by atoms with E-state index in [0.717, 1.165) is 77.8 Å². The van der Waals surface area contributed by atoms with Gasteiger partial charge in [0.15, 0.2) is 0 Å². The van der Waals surface area contributed by atoms with Gasteiger partial charge in [0.25, 0.3) is 0 Å². The molecule has 3 saturated heterocycles. The lowest BCUT2D eigenvalue weighted by Gasteiger charge is -2.42. The van der Waals surface area contributed by atoms with Crippen LogP contribution in [-0.4, -0.2) is 111 Å². The summed E-state index contributed by atoms with van der Waals surface area (Å²) >= 11 is 0. The molecule has 3 heterocycles. The number of nitrogens with zero attached hydrogens (tertiary/aromatic N) is 4. The maximum atomic E-state index is 13.6. The summed E-state index contributed by atoms with van der Waals surface area (Å²) in [5.41, 5.74) is 2.47. The molecule has 206 valence electrons. The van der Waals surface area contributed by atoms with E-state index in [1.54, 1.807) is 10.4 Å². The van der Waals surface area contributed by atoms with E-state index in [4.69, 9.17) is 4.74 Å². The molecule has 8 nitrogen and oxygen atoms in total. The zero-order chi connectivity index (χ0) is 25.8. The van der Waals surface area contributed by atoms with Gasteiger partial charge < -0.3 is 14.5 Å². The molecule has 9 heteroatoms. The third-order valence-corrected chi connectivity index (χ3v) is 10.9. The summed E-state index contributed by atoms with van der Waals surface area (Å²) in [6, 6.07) is 6.09. The molecule has 1 aromatic carbocycles. The lowest BCUT2D eigenvalue weighted by Crippen LogP contribution is -2.54. The molecule has 1 aromatic rings. The van der Waals surface area contributed by atoms with Crippen molar-refractivity contribution < 1.29 is 17.9 Å². The van der Waals surface area contributed by atoms with Crippen molar-refractivity contribution in [2.24, 2.45) is 0 Å². The van der Waals surface area contributed by atoms with E-state index in [0.29, 0.717) is 17.5 Å². The molecule has 37 heavy (non-hydrogen) atoms. The highest BCUT2D eigenvalue weighted by molar-refractivity contribution is 7.89. The number of sulfonamides is 1. The number of piperidine rings is 2. The van der Waals surface area contributed by atoms with Gasteiger partial charge in [-0.05, 0) is 94.8 Å². The standard InChI is InChI=1S/C28H44N4O4S/c1-29-14-11-25(12-15-29)30-16-18-31(19-17-30)28(33)22-36-21-26-8-4-5-13-32(26)37(34,35)27-10-9-23-6-2-3-7-24(23)20-27/h9-10,20,25-26H,2-8,11-19,21-22H2,1H3. The van der Waals surface area contributed by atoms with Crippen LogP contribution >= 0.6 is 0 Å². The predicted molar refractivity (Wildman–Crippen MR) is 144 cm³/mol. The highest BCUT2D eigenvalue weighted by atomic mass is 32.2. The van der Waals surface area contributed by atoms with E-state index in [1.807, 2.05) is 17.0 Å². The second kappa shape index (κ2) is 12.1. The Bertz CT molecular complexity index is 1030. The Morgan fingerprint density at radius 1 is 0.892 bits per heavy atom. The van der Waals surface area contributed by atoms with E-state index < -0.39 is 10.0 Å². The highest BCUT2D eigenvalue weighted by Crippen LogP contribution is 2.29. The Morgan fingerprint density at radius 3 is 2.38 bits per heavy atom. The number of likely N-dealkylation sites (tertiary alicyclic amines) is 1. The van der Waals surface area contributed by atoms with E-state index >= 15 is 0 Å². The lowest BCUT2D eigenvalue weighted by atomic mass is 9.92. The SMILES string of the molecule is CN1CCC(N2CCN(C(=O)COCC3CCCCN3S(=O)(=O)c3ccc4c(c3)CCCC4)CC2)CC1. The third-order valence-electron chi connectivity index (χ3n) is 8.91. The average molecular weight is 533 g/mol.